The highest BCUT2D eigenvalue weighted by Crippen LogP contribution is 2.32. The Bertz CT molecular complexity index is 312. The number of hydrogen-bond donors (Lipinski definition) is 1. The van der Waals surface area contributed by atoms with Crippen LogP contribution in [-0.2, 0) is 9.84 Å². The molecular formula is C12H23NO2S. The summed E-state index contributed by atoms with van der Waals surface area (Å²) >= 11 is 0. The fraction of sp³-hybridized carbons (Fsp3) is 1.00. The predicted molar refractivity (Wildman–Crippen MR) is 66.0 cm³/mol. The summed E-state index contributed by atoms with van der Waals surface area (Å²) in [5, 5.41) is -0.129. The van der Waals surface area contributed by atoms with Gasteiger partial charge in [0, 0.05) is 6.04 Å². The van der Waals surface area contributed by atoms with Crippen LogP contribution in [0.2, 0.25) is 0 Å². The van der Waals surface area contributed by atoms with Gasteiger partial charge in [0.25, 0.3) is 0 Å². The molecular weight excluding hydrogens is 222 g/mol. The Morgan fingerprint density at radius 2 is 1.25 bits per heavy atom. The SMILES string of the molecule is NC1CCC(S(=O)(=O)C2CCCCC2)CC1. The number of hydrogen-bond acceptors (Lipinski definition) is 3. The number of nitrogens with two attached hydrogens (primary N) is 1. The third-order valence-corrected chi connectivity index (χ3v) is 7.00. The van der Waals surface area contributed by atoms with E-state index < -0.39 is 9.84 Å². The van der Waals surface area contributed by atoms with Crippen molar-refractivity contribution >= 4 is 9.84 Å². The van der Waals surface area contributed by atoms with Crippen LogP contribution in [0, 0.1) is 0 Å². The Morgan fingerprint density at radius 3 is 1.81 bits per heavy atom. The van der Waals surface area contributed by atoms with E-state index in [0.717, 1.165) is 51.4 Å². The van der Waals surface area contributed by atoms with E-state index in [0.29, 0.717) is 0 Å². The Balaban J connectivity index is 2.00. The highest BCUT2D eigenvalue weighted by atomic mass is 32.2. The van der Waals surface area contributed by atoms with Crippen LogP contribution in [0.4, 0.5) is 0 Å². The zero-order valence-corrected chi connectivity index (χ0v) is 10.7. The van der Waals surface area contributed by atoms with Gasteiger partial charge in [-0.3, -0.25) is 0 Å². The fourth-order valence-corrected chi connectivity index (χ4v) is 5.55. The second-order valence-electron chi connectivity index (χ2n) is 5.39. The van der Waals surface area contributed by atoms with Crippen molar-refractivity contribution in [3.8, 4) is 0 Å². The molecule has 2 aliphatic rings. The molecule has 0 aromatic rings. The molecule has 0 radical (unpaired) electrons. The lowest BCUT2D eigenvalue weighted by molar-refractivity contribution is 0.420. The molecule has 2 saturated carbocycles. The van der Waals surface area contributed by atoms with Crippen molar-refractivity contribution in [3.05, 3.63) is 0 Å². The molecule has 2 rings (SSSR count). The van der Waals surface area contributed by atoms with Gasteiger partial charge < -0.3 is 5.73 Å². The third-order valence-electron chi connectivity index (χ3n) is 4.20. The summed E-state index contributed by atoms with van der Waals surface area (Å²) in [5.41, 5.74) is 5.82. The van der Waals surface area contributed by atoms with E-state index in [1.807, 2.05) is 0 Å². The average molecular weight is 245 g/mol. The van der Waals surface area contributed by atoms with E-state index in [9.17, 15) is 8.42 Å². The van der Waals surface area contributed by atoms with Gasteiger partial charge in [0.05, 0.1) is 10.5 Å². The van der Waals surface area contributed by atoms with Gasteiger partial charge in [-0.15, -0.1) is 0 Å². The van der Waals surface area contributed by atoms with Gasteiger partial charge in [-0.05, 0) is 38.5 Å². The average Bonchev–Trinajstić information content (AvgIpc) is 2.31. The molecule has 94 valence electrons. The quantitative estimate of drug-likeness (QED) is 0.809. The van der Waals surface area contributed by atoms with Gasteiger partial charge in [0.1, 0.15) is 0 Å². The summed E-state index contributed by atoms with van der Waals surface area (Å²) in [4.78, 5) is 0. The lowest BCUT2D eigenvalue weighted by Crippen LogP contribution is -2.38. The zero-order valence-electron chi connectivity index (χ0n) is 9.90. The normalized spacial score (nSPS) is 33.8. The summed E-state index contributed by atoms with van der Waals surface area (Å²) in [7, 11) is -2.86. The van der Waals surface area contributed by atoms with Crippen molar-refractivity contribution < 1.29 is 8.42 Å². The summed E-state index contributed by atoms with van der Waals surface area (Å²) in [6.07, 6.45) is 8.54. The smallest absolute Gasteiger partial charge is 0.156 e. The second kappa shape index (κ2) is 5.05. The molecule has 0 aromatic heterocycles. The second-order valence-corrected chi connectivity index (χ2v) is 7.90. The maximum Gasteiger partial charge on any atom is 0.156 e. The van der Waals surface area contributed by atoms with E-state index in [1.54, 1.807) is 0 Å². The molecule has 16 heavy (non-hydrogen) atoms. The third kappa shape index (κ3) is 2.59. The molecule has 0 aromatic carbocycles. The molecule has 4 heteroatoms. The maximum atomic E-state index is 12.4. The summed E-state index contributed by atoms with van der Waals surface area (Å²) in [6.45, 7) is 0. The lowest BCUT2D eigenvalue weighted by Gasteiger charge is -2.31. The molecule has 0 atom stereocenters. The summed E-state index contributed by atoms with van der Waals surface area (Å²) < 4.78 is 24.8. The highest BCUT2D eigenvalue weighted by molar-refractivity contribution is 7.92. The molecule has 0 spiro atoms. The molecule has 0 unspecified atom stereocenters. The minimum atomic E-state index is -2.86. The molecule has 2 fully saturated rings. The molecule has 0 aliphatic heterocycles. The maximum absolute atomic E-state index is 12.4. The van der Waals surface area contributed by atoms with Crippen LogP contribution in [0.5, 0.6) is 0 Å². The van der Waals surface area contributed by atoms with Crippen LogP contribution >= 0.6 is 0 Å². The zero-order chi connectivity index (χ0) is 11.6. The number of sulfone groups is 1. The van der Waals surface area contributed by atoms with Gasteiger partial charge in [-0.25, -0.2) is 8.42 Å². The lowest BCUT2D eigenvalue weighted by atomic mass is 9.96. The summed E-state index contributed by atoms with van der Waals surface area (Å²) in [6, 6.07) is 0.234. The number of rotatable bonds is 2. The van der Waals surface area contributed by atoms with Crippen LogP contribution < -0.4 is 5.73 Å². The molecule has 2 aliphatic carbocycles. The topological polar surface area (TPSA) is 60.2 Å². The van der Waals surface area contributed by atoms with Crippen LogP contribution in [0.1, 0.15) is 57.8 Å². The van der Waals surface area contributed by atoms with E-state index in [4.69, 9.17) is 5.73 Å². The van der Waals surface area contributed by atoms with Crippen LogP contribution in [0.3, 0.4) is 0 Å². The van der Waals surface area contributed by atoms with Gasteiger partial charge in [-0.2, -0.15) is 0 Å². The molecule has 2 N–H and O–H groups in total. The van der Waals surface area contributed by atoms with Crippen molar-refractivity contribution in [3.63, 3.8) is 0 Å². The van der Waals surface area contributed by atoms with E-state index in [2.05, 4.69) is 0 Å². The van der Waals surface area contributed by atoms with Crippen molar-refractivity contribution in [1.82, 2.24) is 0 Å². The minimum absolute atomic E-state index is 0.0411. The van der Waals surface area contributed by atoms with Gasteiger partial charge >= 0.3 is 0 Å². The molecule has 3 nitrogen and oxygen atoms in total. The Hall–Kier alpha value is -0.0900. The molecule has 0 bridgehead atoms. The highest BCUT2D eigenvalue weighted by Gasteiger charge is 2.36. The molecule has 0 saturated heterocycles. The first kappa shape index (κ1) is 12.4. The minimum Gasteiger partial charge on any atom is -0.328 e. The largest absolute Gasteiger partial charge is 0.328 e. The van der Waals surface area contributed by atoms with E-state index >= 15 is 0 Å². The van der Waals surface area contributed by atoms with Crippen molar-refractivity contribution in [2.24, 2.45) is 5.73 Å². The first-order chi connectivity index (χ1) is 7.60. The Labute approximate surface area is 98.7 Å². The fourth-order valence-electron chi connectivity index (χ4n) is 3.08. The van der Waals surface area contributed by atoms with E-state index in [-0.39, 0.29) is 16.5 Å². The van der Waals surface area contributed by atoms with Crippen molar-refractivity contribution in [2.75, 3.05) is 0 Å². The predicted octanol–water partition coefficient (Wildman–Crippen LogP) is 2.00. The van der Waals surface area contributed by atoms with Gasteiger partial charge in [0.15, 0.2) is 9.84 Å². The Kier molecular flexibility index (Phi) is 3.90. The first-order valence-electron chi connectivity index (χ1n) is 6.59. The van der Waals surface area contributed by atoms with Crippen LogP contribution in [0.25, 0.3) is 0 Å². The van der Waals surface area contributed by atoms with Gasteiger partial charge in [-0.1, -0.05) is 19.3 Å². The van der Waals surface area contributed by atoms with Crippen LogP contribution in [0.15, 0.2) is 0 Å². The van der Waals surface area contributed by atoms with Crippen molar-refractivity contribution in [2.45, 2.75) is 74.3 Å². The Morgan fingerprint density at radius 1 is 0.750 bits per heavy atom. The van der Waals surface area contributed by atoms with Crippen LogP contribution in [-0.4, -0.2) is 25.0 Å². The summed E-state index contributed by atoms with van der Waals surface area (Å²) in [5.74, 6) is 0. The monoisotopic (exact) mass is 245 g/mol. The van der Waals surface area contributed by atoms with Gasteiger partial charge in [0.2, 0.25) is 0 Å². The van der Waals surface area contributed by atoms with Crippen molar-refractivity contribution in [1.29, 1.82) is 0 Å². The molecule has 0 heterocycles. The molecule has 0 amide bonds. The standard InChI is InChI=1S/C12H23NO2S/c13-10-6-8-12(9-7-10)16(14,15)11-4-2-1-3-5-11/h10-12H,1-9,13H2. The van der Waals surface area contributed by atoms with E-state index in [1.165, 1.54) is 6.42 Å². The first-order valence-corrected chi connectivity index (χ1v) is 8.20.